The van der Waals surface area contributed by atoms with Crippen LogP contribution in [-0.4, -0.2) is 55.8 Å². The van der Waals surface area contributed by atoms with Gasteiger partial charge < -0.3 is 19.7 Å². The molecular formula is C19H22ClN5O3. The highest BCUT2D eigenvalue weighted by Gasteiger charge is 2.24. The molecule has 0 bridgehead atoms. The quantitative estimate of drug-likeness (QED) is 0.595. The molecule has 9 heteroatoms. The SMILES string of the molecule is CC(=O)c1ncc(C#Cc2nc(N[C@@H]3CCOC[C@H]3O)ncc2Cl)n1C(C)C. The van der Waals surface area contributed by atoms with Crippen molar-refractivity contribution in [2.24, 2.45) is 0 Å². The van der Waals surface area contributed by atoms with Crippen LogP contribution in [0.1, 0.15) is 55.2 Å². The normalized spacial score (nSPS) is 19.2. The molecule has 0 unspecified atom stereocenters. The summed E-state index contributed by atoms with van der Waals surface area (Å²) in [6.07, 6.45) is 3.05. The summed E-state index contributed by atoms with van der Waals surface area (Å²) < 4.78 is 7.00. The molecule has 148 valence electrons. The van der Waals surface area contributed by atoms with E-state index in [-0.39, 0.29) is 24.5 Å². The topological polar surface area (TPSA) is 102 Å². The first kappa shape index (κ1) is 20.3. The predicted molar refractivity (Wildman–Crippen MR) is 104 cm³/mol. The average molecular weight is 404 g/mol. The first-order chi connectivity index (χ1) is 13.4. The molecule has 0 radical (unpaired) electrons. The van der Waals surface area contributed by atoms with Crippen LogP contribution in [0.3, 0.4) is 0 Å². The number of imidazole rings is 1. The Morgan fingerprint density at radius 1 is 1.39 bits per heavy atom. The lowest BCUT2D eigenvalue weighted by atomic mass is 10.1. The smallest absolute Gasteiger partial charge is 0.224 e. The van der Waals surface area contributed by atoms with Crippen molar-refractivity contribution in [2.45, 2.75) is 45.4 Å². The molecule has 1 aliphatic rings. The molecule has 0 amide bonds. The number of aromatic nitrogens is 4. The Morgan fingerprint density at radius 3 is 2.86 bits per heavy atom. The van der Waals surface area contributed by atoms with Gasteiger partial charge in [-0.1, -0.05) is 11.6 Å². The van der Waals surface area contributed by atoms with Gasteiger partial charge in [0.15, 0.2) is 11.6 Å². The number of nitrogens with one attached hydrogen (secondary N) is 1. The summed E-state index contributed by atoms with van der Waals surface area (Å²) in [5.74, 6) is 6.50. The molecule has 2 atom stereocenters. The maximum Gasteiger partial charge on any atom is 0.224 e. The molecule has 3 heterocycles. The molecule has 2 aromatic heterocycles. The highest BCUT2D eigenvalue weighted by Crippen LogP contribution is 2.18. The molecule has 0 aromatic carbocycles. The van der Waals surface area contributed by atoms with Crippen molar-refractivity contribution >= 4 is 23.3 Å². The van der Waals surface area contributed by atoms with E-state index in [1.807, 2.05) is 13.8 Å². The molecule has 0 spiro atoms. The second-order valence-electron chi connectivity index (χ2n) is 6.81. The van der Waals surface area contributed by atoms with Crippen LogP contribution in [-0.2, 0) is 4.74 Å². The van der Waals surface area contributed by atoms with Crippen LogP contribution in [0.25, 0.3) is 0 Å². The van der Waals surface area contributed by atoms with Crippen molar-refractivity contribution in [3.63, 3.8) is 0 Å². The first-order valence-corrected chi connectivity index (χ1v) is 9.39. The monoisotopic (exact) mass is 403 g/mol. The molecule has 3 rings (SSSR count). The standard InChI is InChI=1S/C19H22ClN5O3/c1-11(2)25-13(8-21-18(25)12(3)26)4-5-15-14(20)9-22-19(23-15)24-16-6-7-28-10-17(16)27/h8-9,11,16-17,27H,6-7,10H2,1-3H3,(H,22,23,24)/t16-,17-/m1/s1. The molecule has 0 saturated carbocycles. The largest absolute Gasteiger partial charge is 0.389 e. The minimum absolute atomic E-state index is 0.0267. The summed E-state index contributed by atoms with van der Waals surface area (Å²) >= 11 is 6.19. The van der Waals surface area contributed by atoms with Gasteiger partial charge in [0.25, 0.3) is 0 Å². The predicted octanol–water partition coefficient (Wildman–Crippen LogP) is 2.07. The number of carbonyl (C=O) groups is 1. The summed E-state index contributed by atoms with van der Waals surface area (Å²) in [6, 6.07) is -0.171. The number of anilines is 1. The van der Waals surface area contributed by atoms with Crippen LogP contribution in [0.15, 0.2) is 12.4 Å². The lowest BCUT2D eigenvalue weighted by molar-refractivity contribution is -0.0136. The zero-order valence-electron chi connectivity index (χ0n) is 15.9. The van der Waals surface area contributed by atoms with Crippen LogP contribution in [0.4, 0.5) is 5.95 Å². The Bertz CT molecular complexity index is 931. The Balaban J connectivity index is 1.87. The summed E-state index contributed by atoms with van der Waals surface area (Å²) in [7, 11) is 0. The van der Waals surface area contributed by atoms with E-state index in [4.69, 9.17) is 16.3 Å². The van der Waals surface area contributed by atoms with Gasteiger partial charge in [-0.05, 0) is 32.1 Å². The fourth-order valence-electron chi connectivity index (χ4n) is 2.94. The number of ketones is 1. The molecule has 1 aliphatic heterocycles. The van der Waals surface area contributed by atoms with Crippen LogP contribution >= 0.6 is 11.6 Å². The number of rotatable bonds is 4. The summed E-state index contributed by atoms with van der Waals surface area (Å²) in [5.41, 5.74) is 0.950. The molecule has 1 fully saturated rings. The van der Waals surface area contributed by atoms with E-state index >= 15 is 0 Å². The van der Waals surface area contributed by atoms with E-state index in [0.717, 1.165) is 0 Å². The number of hydrogen-bond acceptors (Lipinski definition) is 7. The molecular weight excluding hydrogens is 382 g/mol. The minimum atomic E-state index is -0.632. The van der Waals surface area contributed by atoms with Gasteiger partial charge in [-0.2, -0.15) is 0 Å². The van der Waals surface area contributed by atoms with Gasteiger partial charge in [-0.25, -0.2) is 15.0 Å². The lowest BCUT2D eigenvalue weighted by Gasteiger charge is -2.28. The highest BCUT2D eigenvalue weighted by molar-refractivity contribution is 6.31. The zero-order valence-corrected chi connectivity index (χ0v) is 16.7. The number of hydrogen-bond donors (Lipinski definition) is 2. The summed E-state index contributed by atoms with van der Waals surface area (Å²) in [6.45, 7) is 6.22. The van der Waals surface area contributed by atoms with E-state index in [1.54, 1.807) is 10.8 Å². The van der Waals surface area contributed by atoms with Gasteiger partial charge in [0.2, 0.25) is 5.95 Å². The Labute approximate surface area is 168 Å². The third-order valence-electron chi connectivity index (χ3n) is 4.32. The van der Waals surface area contributed by atoms with Gasteiger partial charge in [-0.3, -0.25) is 4.79 Å². The van der Waals surface area contributed by atoms with Crippen LogP contribution in [0.2, 0.25) is 5.02 Å². The summed E-state index contributed by atoms with van der Waals surface area (Å²) in [5, 5.41) is 13.4. The minimum Gasteiger partial charge on any atom is -0.389 e. The lowest BCUT2D eigenvalue weighted by Crippen LogP contribution is -2.42. The number of halogens is 1. The molecule has 28 heavy (non-hydrogen) atoms. The van der Waals surface area contributed by atoms with Crippen LogP contribution in [0.5, 0.6) is 0 Å². The average Bonchev–Trinajstić information content (AvgIpc) is 3.08. The van der Waals surface area contributed by atoms with Crippen molar-refractivity contribution < 1.29 is 14.6 Å². The number of ether oxygens (including phenoxy) is 1. The molecule has 2 aromatic rings. The fraction of sp³-hybridized carbons (Fsp3) is 0.474. The van der Waals surface area contributed by atoms with Gasteiger partial charge in [-0.15, -0.1) is 0 Å². The van der Waals surface area contributed by atoms with Crippen molar-refractivity contribution in [1.82, 2.24) is 19.5 Å². The highest BCUT2D eigenvalue weighted by atomic mass is 35.5. The van der Waals surface area contributed by atoms with Gasteiger partial charge in [0.1, 0.15) is 11.4 Å². The molecule has 8 nitrogen and oxygen atoms in total. The second kappa shape index (κ2) is 8.69. The number of Topliss-reactive ketones (excluding diaryl/α,β-unsaturated/α-hetero) is 1. The van der Waals surface area contributed by atoms with Crippen molar-refractivity contribution in [3.8, 4) is 11.8 Å². The van der Waals surface area contributed by atoms with Crippen LogP contribution in [0, 0.1) is 11.8 Å². The van der Waals surface area contributed by atoms with Crippen molar-refractivity contribution in [1.29, 1.82) is 0 Å². The zero-order chi connectivity index (χ0) is 20.3. The van der Waals surface area contributed by atoms with Gasteiger partial charge in [0, 0.05) is 19.6 Å². The van der Waals surface area contributed by atoms with Crippen LogP contribution < -0.4 is 5.32 Å². The molecule has 0 aliphatic carbocycles. The third-order valence-corrected chi connectivity index (χ3v) is 4.60. The van der Waals surface area contributed by atoms with E-state index in [0.29, 0.717) is 41.2 Å². The van der Waals surface area contributed by atoms with E-state index in [2.05, 4.69) is 32.1 Å². The molecule has 1 saturated heterocycles. The number of aliphatic hydroxyl groups excluding tert-OH is 1. The summed E-state index contributed by atoms with van der Waals surface area (Å²) in [4.78, 5) is 24.4. The number of carbonyl (C=O) groups excluding carboxylic acids is 1. The van der Waals surface area contributed by atoms with E-state index < -0.39 is 6.10 Å². The Morgan fingerprint density at radius 2 is 2.18 bits per heavy atom. The first-order valence-electron chi connectivity index (χ1n) is 9.02. The second-order valence-corrected chi connectivity index (χ2v) is 7.22. The van der Waals surface area contributed by atoms with E-state index in [9.17, 15) is 9.90 Å². The number of aliphatic hydroxyl groups is 1. The van der Waals surface area contributed by atoms with Crippen molar-refractivity contribution in [2.75, 3.05) is 18.5 Å². The molecule has 2 N–H and O–H groups in total. The Hall–Kier alpha value is -2.47. The maximum absolute atomic E-state index is 11.8. The van der Waals surface area contributed by atoms with Gasteiger partial charge in [0.05, 0.1) is 36.2 Å². The maximum atomic E-state index is 11.8. The fourth-order valence-corrected chi connectivity index (χ4v) is 3.08. The van der Waals surface area contributed by atoms with Gasteiger partial charge >= 0.3 is 0 Å². The number of nitrogens with zero attached hydrogens (tertiary/aromatic N) is 4. The Kier molecular flexibility index (Phi) is 6.29. The third kappa shape index (κ3) is 4.50. The van der Waals surface area contributed by atoms with E-state index in [1.165, 1.54) is 13.1 Å². The van der Waals surface area contributed by atoms with Crippen molar-refractivity contribution in [3.05, 3.63) is 34.6 Å².